The summed E-state index contributed by atoms with van der Waals surface area (Å²) in [6.45, 7) is 2.53. The third-order valence-electron chi connectivity index (χ3n) is 2.67. The van der Waals surface area contributed by atoms with E-state index in [4.69, 9.17) is 5.26 Å². The molecular weight excluding hydrogens is 270 g/mol. The van der Waals surface area contributed by atoms with Gasteiger partial charge in [-0.2, -0.15) is 5.26 Å². The van der Waals surface area contributed by atoms with Crippen molar-refractivity contribution >= 4 is 15.9 Å². The van der Waals surface area contributed by atoms with Gasteiger partial charge in [0.15, 0.2) is 0 Å². The smallest absolute Gasteiger partial charge is 0.139 e. The molecule has 0 aromatic heterocycles. The summed E-state index contributed by atoms with van der Waals surface area (Å²) in [5, 5.41) is 25.4. The molecule has 1 aromatic rings. The van der Waals surface area contributed by atoms with E-state index >= 15 is 0 Å². The molecule has 1 atom stereocenters. The SMILES string of the molecule is N#Cc1ccc(Br)c([C@H]2CNCCN2)c1O. The van der Waals surface area contributed by atoms with Crippen LogP contribution in [0.4, 0.5) is 0 Å². The second-order valence-electron chi connectivity index (χ2n) is 3.68. The number of hydrogen-bond acceptors (Lipinski definition) is 4. The number of piperazine rings is 1. The molecule has 0 aliphatic carbocycles. The van der Waals surface area contributed by atoms with E-state index in [1.807, 2.05) is 6.07 Å². The van der Waals surface area contributed by atoms with Gasteiger partial charge in [-0.1, -0.05) is 15.9 Å². The van der Waals surface area contributed by atoms with Gasteiger partial charge < -0.3 is 15.7 Å². The van der Waals surface area contributed by atoms with Crippen LogP contribution >= 0.6 is 15.9 Å². The number of halogens is 1. The van der Waals surface area contributed by atoms with Crippen LogP contribution in [-0.2, 0) is 0 Å². The first-order valence-corrected chi connectivity index (χ1v) is 5.89. The van der Waals surface area contributed by atoms with E-state index in [9.17, 15) is 5.11 Å². The molecule has 2 rings (SSSR count). The minimum Gasteiger partial charge on any atom is -0.506 e. The second kappa shape index (κ2) is 4.83. The van der Waals surface area contributed by atoms with Crippen LogP contribution in [0.2, 0.25) is 0 Å². The van der Waals surface area contributed by atoms with Crippen LogP contribution in [0, 0.1) is 11.3 Å². The van der Waals surface area contributed by atoms with Gasteiger partial charge in [0.25, 0.3) is 0 Å². The van der Waals surface area contributed by atoms with Gasteiger partial charge in [-0.15, -0.1) is 0 Å². The van der Waals surface area contributed by atoms with Crippen LogP contribution < -0.4 is 10.6 Å². The van der Waals surface area contributed by atoms with Gasteiger partial charge in [-0.25, -0.2) is 0 Å². The Morgan fingerprint density at radius 1 is 1.44 bits per heavy atom. The fourth-order valence-electron chi connectivity index (χ4n) is 1.86. The number of nitriles is 1. The molecule has 0 amide bonds. The molecule has 0 bridgehead atoms. The monoisotopic (exact) mass is 281 g/mol. The minimum atomic E-state index is 0.0384. The van der Waals surface area contributed by atoms with Crippen LogP contribution in [0.25, 0.3) is 0 Å². The number of benzene rings is 1. The Bertz CT molecular complexity index is 436. The standard InChI is InChI=1S/C11H12BrN3O/c12-8-2-1-7(5-13)11(16)10(8)9-6-14-3-4-15-9/h1-2,9,14-16H,3-4,6H2/t9-/m1/s1. The minimum absolute atomic E-state index is 0.0384. The van der Waals surface area contributed by atoms with Gasteiger partial charge in [0.05, 0.1) is 5.56 Å². The molecule has 0 unspecified atom stereocenters. The Balaban J connectivity index is 2.42. The highest BCUT2D eigenvalue weighted by Crippen LogP contribution is 2.34. The van der Waals surface area contributed by atoms with Gasteiger partial charge in [-0.05, 0) is 12.1 Å². The quantitative estimate of drug-likeness (QED) is 0.725. The van der Waals surface area contributed by atoms with Crippen molar-refractivity contribution in [1.29, 1.82) is 5.26 Å². The van der Waals surface area contributed by atoms with Crippen LogP contribution in [0.15, 0.2) is 16.6 Å². The fourth-order valence-corrected chi connectivity index (χ4v) is 2.46. The first-order chi connectivity index (χ1) is 7.74. The highest BCUT2D eigenvalue weighted by Gasteiger charge is 2.22. The van der Waals surface area contributed by atoms with Crippen LogP contribution in [0.5, 0.6) is 5.75 Å². The largest absolute Gasteiger partial charge is 0.506 e. The second-order valence-corrected chi connectivity index (χ2v) is 4.53. The lowest BCUT2D eigenvalue weighted by Gasteiger charge is -2.26. The van der Waals surface area contributed by atoms with E-state index in [1.165, 1.54) is 0 Å². The molecule has 1 aliphatic rings. The third kappa shape index (κ3) is 2.05. The molecule has 4 nitrogen and oxygen atoms in total. The predicted octanol–water partition coefficient (Wildman–Crippen LogP) is 1.26. The maximum atomic E-state index is 10.0. The Kier molecular flexibility index (Phi) is 3.44. The maximum absolute atomic E-state index is 10.0. The van der Waals surface area contributed by atoms with Crippen LogP contribution in [0.1, 0.15) is 17.2 Å². The lowest BCUT2D eigenvalue weighted by atomic mass is 10.0. The highest BCUT2D eigenvalue weighted by atomic mass is 79.9. The molecular formula is C11H12BrN3O. The van der Waals surface area contributed by atoms with E-state index in [1.54, 1.807) is 12.1 Å². The van der Waals surface area contributed by atoms with Gasteiger partial charge in [0.1, 0.15) is 11.8 Å². The molecule has 0 saturated carbocycles. The summed E-state index contributed by atoms with van der Waals surface area (Å²) in [7, 11) is 0. The Morgan fingerprint density at radius 3 is 2.88 bits per heavy atom. The summed E-state index contributed by atoms with van der Waals surface area (Å²) in [5.41, 5.74) is 1.07. The maximum Gasteiger partial charge on any atom is 0.139 e. The van der Waals surface area contributed by atoms with Crippen molar-refractivity contribution < 1.29 is 5.11 Å². The topological polar surface area (TPSA) is 68.1 Å². The number of hydrogen-bond donors (Lipinski definition) is 3. The molecule has 1 saturated heterocycles. The molecule has 1 aromatic carbocycles. The fraction of sp³-hybridized carbons (Fsp3) is 0.364. The summed E-state index contributed by atoms with van der Waals surface area (Å²) in [6, 6.07) is 5.43. The first kappa shape index (κ1) is 11.4. The lowest BCUT2D eigenvalue weighted by molar-refractivity contribution is 0.402. The average Bonchev–Trinajstić information content (AvgIpc) is 2.31. The summed E-state index contributed by atoms with van der Waals surface area (Å²) in [6.07, 6.45) is 0. The number of phenols is 1. The van der Waals surface area contributed by atoms with E-state index in [0.29, 0.717) is 5.56 Å². The number of rotatable bonds is 1. The van der Waals surface area contributed by atoms with Gasteiger partial charge in [0.2, 0.25) is 0 Å². The van der Waals surface area contributed by atoms with Crippen molar-refractivity contribution in [2.75, 3.05) is 19.6 Å². The third-order valence-corrected chi connectivity index (χ3v) is 3.37. The summed E-state index contributed by atoms with van der Waals surface area (Å²) in [4.78, 5) is 0. The molecule has 0 radical (unpaired) electrons. The van der Waals surface area contributed by atoms with Crippen molar-refractivity contribution in [1.82, 2.24) is 10.6 Å². The van der Waals surface area contributed by atoms with Crippen molar-refractivity contribution in [3.63, 3.8) is 0 Å². The normalized spacial score (nSPS) is 20.4. The number of phenolic OH excluding ortho intramolecular Hbond substituents is 1. The summed E-state index contributed by atoms with van der Waals surface area (Å²) in [5.74, 6) is 0.0677. The van der Waals surface area contributed by atoms with Crippen LogP contribution in [0.3, 0.4) is 0 Å². The van der Waals surface area contributed by atoms with Crippen molar-refractivity contribution in [3.8, 4) is 11.8 Å². The van der Waals surface area contributed by atoms with Gasteiger partial charge >= 0.3 is 0 Å². The van der Waals surface area contributed by atoms with E-state index in [0.717, 1.165) is 29.7 Å². The molecule has 16 heavy (non-hydrogen) atoms. The Labute approximate surface area is 102 Å². The first-order valence-electron chi connectivity index (χ1n) is 5.09. The molecule has 3 N–H and O–H groups in total. The summed E-state index contributed by atoms with van der Waals surface area (Å²) >= 11 is 3.41. The van der Waals surface area contributed by atoms with Gasteiger partial charge in [0, 0.05) is 35.7 Å². The molecule has 84 valence electrons. The van der Waals surface area contributed by atoms with Crippen molar-refractivity contribution in [2.24, 2.45) is 0 Å². The molecule has 0 spiro atoms. The van der Waals surface area contributed by atoms with Crippen molar-refractivity contribution in [2.45, 2.75) is 6.04 Å². The average molecular weight is 282 g/mol. The zero-order chi connectivity index (χ0) is 11.5. The number of nitrogens with zero attached hydrogens (tertiary/aromatic N) is 1. The zero-order valence-corrected chi connectivity index (χ0v) is 10.2. The van der Waals surface area contributed by atoms with E-state index < -0.39 is 0 Å². The van der Waals surface area contributed by atoms with Crippen molar-refractivity contribution in [3.05, 3.63) is 27.7 Å². The number of aromatic hydroxyl groups is 1. The Hall–Kier alpha value is -1.09. The summed E-state index contributed by atoms with van der Waals surface area (Å²) < 4.78 is 0.824. The molecule has 1 heterocycles. The predicted molar refractivity (Wildman–Crippen MR) is 64.1 cm³/mol. The number of nitrogens with one attached hydrogen (secondary N) is 2. The van der Waals surface area contributed by atoms with E-state index in [2.05, 4.69) is 26.6 Å². The van der Waals surface area contributed by atoms with Gasteiger partial charge in [-0.3, -0.25) is 0 Å². The zero-order valence-electron chi connectivity index (χ0n) is 8.63. The molecule has 1 aliphatic heterocycles. The highest BCUT2D eigenvalue weighted by molar-refractivity contribution is 9.10. The van der Waals surface area contributed by atoms with Crippen LogP contribution in [-0.4, -0.2) is 24.7 Å². The molecule has 5 heteroatoms. The van der Waals surface area contributed by atoms with E-state index in [-0.39, 0.29) is 11.8 Å². The lowest BCUT2D eigenvalue weighted by Crippen LogP contribution is -2.42. The Morgan fingerprint density at radius 2 is 2.25 bits per heavy atom. The molecule has 1 fully saturated rings.